The lowest BCUT2D eigenvalue weighted by Crippen LogP contribution is -2.02. The van der Waals surface area contributed by atoms with Crippen LogP contribution >= 0.6 is 15.9 Å². The molecule has 0 aliphatic rings. The number of aromatic nitrogens is 2. The highest BCUT2D eigenvalue weighted by Gasteiger charge is 2.06. The summed E-state index contributed by atoms with van der Waals surface area (Å²) in [6.07, 6.45) is 0. The number of anilines is 1. The van der Waals surface area contributed by atoms with Crippen LogP contribution in [0.4, 0.5) is 5.82 Å². The molecule has 0 radical (unpaired) electrons. The highest BCUT2D eigenvalue weighted by Crippen LogP contribution is 2.30. The van der Waals surface area contributed by atoms with Crippen LogP contribution in [0.1, 0.15) is 18.3 Å². The summed E-state index contributed by atoms with van der Waals surface area (Å²) in [6.45, 7) is 6.71. The van der Waals surface area contributed by atoms with E-state index in [1.54, 1.807) is 6.07 Å². The largest absolute Gasteiger partial charge is 0.438 e. The summed E-state index contributed by atoms with van der Waals surface area (Å²) in [4.78, 5) is 8.57. The number of ether oxygens (including phenoxy) is 1. The van der Waals surface area contributed by atoms with Gasteiger partial charge in [0.2, 0.25) is 5.88 Å². The number of aryl methyl sites for hydroxylation is 2. The fourth-order valence-corrected chi connectivity index (χ4v) is 2.24. The molecule has 19 heavy (non-hydrogen) atoms. The number of hydrogen-bond acceptors (Lipinski definition) is 4. The van der Waals surface area contributed by atoms with E-state index in [1.807, 2.05) is 39.0 Å². The maximum atomic E-state index is 5.79. The van der Waals surface area contributed by atoms with E-state index >= 15 is 0 Å². The first kappa shape index (κ1) is 13.8. The maximum absolute atomic E-state index is 5.79. The van der Waals surface area contributed by atoms with Crippen LogP contribution in [0.3, 0.4) is 0 Å². The van der Waals surface area contributed by atoms with E-state index < -0.39 is 0 Å². The zero-order valence-corrected chi connectivity index (χ0v) is 12.8. The van der Waals surface area contributed by atoms with Crippen molar-refractivity contribution in [1.29, 1.82) is 0 Å². The standard InChI is InChI=1S/C14H16BrN3O/c1-4-16-13-8-14(18-10(3)17-13)19-12-6-5-9(2)7-11(12)15/h5-8H,4H2,1-3H3,(H,16,17,18). The number of rotatable bonds is 4. The molecule has 2 rings (SSSR count). The van der Waals surface area contributed by atoms with Crippen molar-refractivity contribution in [2.45, 2.75) is 20.8 Å². The zero-order chi connectivity index (χ0) is 13.8. The van der Waals surface area contributed by atoms with E-state index in [2.05, 4.69) is 31.2 Å². The topological polar surface area (TPSA) is 47.0 Å². The van der Waals surface area contributed by atoms with Gasteiger partial charge in [0, 0.05) is 12.6 Å². The van der Waals surface area contributed by atoms with Gasteiger partial charge in [-0.15, -0.1) is 0 Å². The van der Waals surface area contributed by atoms with E-state index in [0.717, 1.165) is 22.6 Å². The Hall–Kier alpha value is -1.62. The van der Waals surface area contributed by atoms with Gasteiger partial charge in [-0.05, 0) is 54.4 Å². The Bertz CT molecular complexity index is 587. The molecule has 0 unspecified atom stereocenters. The average Bonchev–Trinajstić information content (AvgIpc) is 2.32. The molecule has 0 bridgehead atoms. The molecular weight excluding hydrogens is 306 g/mol. The SMILES string of the molecule is CCNc1cc(Oc2ccc(C)cc2Br)nc(C)n1. The van der Waals surface area contributed by atoms with Crippen molar-refractivity contribution >= 4 is 21.7 Å². The van der Waals surface area contributed by atoms with Crippen molar-refractivity contribution < 1.29 is 4.74 Å². The van der Waals surface area contributed by atoms with Crippen molar-refractivity contribution in [2.24, 2.45) is 0 Å². The number of nitrogens with one attached hydrogen (secondary N) is 1. The van der Waals surface area contributed by atoms with Crippen LogP contribution < -0.4 is 10.1 Å². The van der Waals surface area contributed by atoms with Gasteiger partial charge in [0.15, 0.2) is 0 Å². The van der Waals surface area contributed by atoms with Crippen molar-refractivity contribution in [3.05, 3.63) is 40.1 Å². The summed E-state index contributed by atoms with van der Waals surface area (Å²) in [5.74, 6) is 2.73. The Morgan fingerprint density at radius 3 is 2.68 bits per heavy atom. The molecule has 1 aromatic carbocycles. The normalized spacial score (nSPS) is 10.3. The fourth-order valence-electron chi connectivity index (χ4n) is 1.67. The molecule has 1 aromatic heterocycles. The minimum atomic E-state index is 0.535. The molecule has 0 amide bonds. The van der Waals surface area contributed by atoms with Gasteiger partial charge < -0.3 is 10.1 Å². The fraction of sp³-hybridized carbons (Fsp3) is 0.286. The highest BCUT2D eigenvalue weighted by atomic mass is 79.9. The van der Waals surface area contributed by atoms with Crippen LogP contribution in [0.5, 0.6) is 11.6 Å². The molecule has 4 nitrogen and oxygen atoms in total. The lowest BCUT2D eigenvalue weighted by molar-refractivity contribution is 0.457. The van der Waals surface area contributed by atoms with Crippen LogP contribution in [0.15, 0.2) is 28.7 Å². The lowest BCUT2D eigenvalue weighted by atomic mass is 10.2. The summed E-state index contributed by atoms with van der Waals surface area (Å²) in [7, 11) is 0. The Morgan fingerprint density at radius 1 is 1.21 bits per heavy atom. The number of nitrogens with zero attached hydrogens (tertiary/aromatic N) is 2. The smallest absolute Gasteiger partial charge is 0.224 e. The molecule has 0 fully saturated rings. The van der Waals surface area contributed by atoms with Crippen molar-refractivity contribution in [2.75, 3.05) is 11.9 Å². The van der Waals surface area contributed by atoms with Gasteiger partial charge in [0.05, 0.1) is 4.47 Å². The van der Waals surface area contributed by atoms with Gasteiger partial charge >= 0.3 is 0 Å². The minimum absolute atomic E-state index is 0.535. The van der Waals surface area contributed by atoms with Crippen LogP contribution in [0.25, 0.3) is 0 Å². The van der Waals surface area contributed by atoms with Crippen LogP contribution in [0, 0.1) is 13.8 Å². The first-order valence-corrected chi connectivity index (χ1v) is 6.91. The second kappa shape index (κ2) is 6.02. The Labute approximate surface area is 121 Å². The minimum Gasteiger partial charge on any atom is -0.438 e. The summed E-state index contributed by atoms with van der Waals surface area (Å²) >= 11 is 3.49. The van der Waals surface area contributed by atoms with E-state index in [4.69, 9.17) is 4.74 Å². The third-order valence-corrected chi connectivity index (χ3v) is 3.09. The van der Waals surface area contributed by atoms with Gasteiger partial charge in [-0.3, -0.25) is 0 Å². The molecule has 1 heterocycles. The van der Waals surface area contributed by atoms with Crippen molar-refractivity contribution in [3.63, 3.8) is 0 Å². The quantitative estimate of drug-likeness (QED) is 0.921. The monoisotopic (exact) mass is 321 g/mol. The predicted octanol–water partition coefficient (Wildman–Crippen LogP) is 4.08. The number of benzene rings is 1. The van der Waals surface area contributed by atoms with E-state index in [-0.39, 0.29) is 0 Å². The first-order chi connectivity index (χ1) is 9.08. The Balaban J connectivity index is 2.27. The van der Waals surface area contributed by atoms with E-state index in [9.17, 15) is 0 Å². The second-order valence-electron chi connectivity index (χ2n) is 4.20. The molecule has 2 aromatic rings. The van der Waals surface area contributed by atoms with Crippen LogP contribution in [-0.4, -0.2) is 16.5 Å². The molecular formula is C14H16BrN3O. The molecule has 0 atom stereocenters. The molecule has 0 spiro atoms. The molecule has 100 valence electrons. The first-order valence-electron chi connectivity index (χ1n) is 6.12. The van der Waals surface area contributed by atoms with Crippen LogP contribution in [-0.2, 0) is 0 Å². The predicted molar refractivity (Wildman–Crippen MR) is 79.9 cm³/mol. The third-order valence-electron chi connectivity index (χ3n) is 2.47. The van der Waals surface area contributed by atoms with Gasteiger partial charge in [0.25, 0.3) is 0 Å². The van der Waals surface area contributed by atoms with E-state index in [1.165, 1.54) is 5.56 Å². The van der Waals surface area contributed by atoms with Gasteiger partial charge in [-0.1, -0.05) is 6.07 Å². The van der Waals surface area contributed by atoms with Gasteiger partial charge in [-0.25, -0.2) is 4.98 Å². The molecule has 0 aliphatic carbocycles. The third kappa shape index (κ3) is 3.67. The zero-order valence-electron chi connectivity index (χ0n) is 11.2. The van der Waals surface area contributed by atoms with Gasteiger partial charge in [0.1, 0.15) is 17.4 Å². The van der Waals surface area contributed by atoms with Crippen molar-refractivity contribution in [1.82, 2.24) is 9.97 Å². The summed E-state index contributed by atoms with van der Waals surface area (Å²) in [5.41, 5.74) is 1.17. The number of halogens is 1. The van der Waals surface area contributed by atoms with E-state index in [0.29, 0.717) is 11.7 Å². The highest BCUT2D eigenvalue weighted by molar-refractivity contribution is 9.10. The molecule has 0 aliphatic heterocycles. The Morgan fingerprint density at radius 2 is 2.00 bits per heavy atom. The summed E-state index contributed by atoms with van der Waals surface area (Å²) < 4.78 is 6.70. The Kier molecular flexibility index (Phi) is 4.37. The summed E-state index contributed by atoms with van der Waals surface area (Å²) in [5, 5.41) is 3.16. The second-order valence-corrected chi connectivity index (χ2v) is 5.06. The molecule has 0 saturated heterocycles. The van der Waals surface area contributed by atoms with Crippen LogP contribution in [0.2, 0.25) is 0 Å². The summed E-state index contributed by atoms with van der Waals surface area (Å²) in [6, 6.07) is 7.72. The van der Waals surface area contributed by atoms with Gasteiger partial charge in [-0.2, -0.15) is 4.98 Å². The molecule has 5 heteroatoms. The average molecular weight is 322 g/mol. The maximum Gasteiger partial charge on any atom is 0.224 e. The van der Waals surface area contributed by atoms with Crippen molar-refractivity contribution in [3.8, 4) is 11.6 Å². The molecule has 0 saturated carbocycles. The number of hydrogen-bond donors (Lipinski definition) is 1. The lowest BCUT2D eigenvalue weighted by Gasteiger charge is -2.10. The molecule has 1 N–H and O–H groups in total.